The van der Waals surface area contributed by atoms with E-state index in [9.17, 15) is 0 Å². The van der Waals surface area contributed by atoms with Gasteiger partial charge in [0.15, 0.2) is 0 Å². The van der Waals surface area contributed by atoms with Gasteiger partial charge in [0, 0.05) is 6.21 Å². The highest BCUT2D eigenvalue weighted by molar-refractivity contribution is 5.85. The Morgan fingerprint density at radius 2 is 1.61 bits per heavy atom. The predicted molar refractivity (Wildman–Crippen MR) is 118 cm³/mol. The van der Waals surface area contributed by atoms with Crippen LogP contribution < -0.4 is 4.74 Å². The van der Waals surface area contributed by atoms with Crippen molar-refractivity contribution in [2.45, 2.75) is 20.5 Å². The molecular formula is C26H23NO. The molecule has 0 atom stereocenters. The monoisotopic (exact) mass is 365 g/mol. The summed E-state index contributed by atoms with van der Waals surface area (Å²) < 4.78 is 6.01. The highest BCUT2D eigenvalue weighted by Gasteiger charge is 2.02. The van der Waals surface area contributed by atoms with Crippen LogP contribution >= 0.6 is 0 Å². The zero-order chi connectivity index (χ0) is 19.3. The molecule has 0 fully saturated rings. The largest absolute Gasteiger partial charge is 0.489 e. The fourth-order valence-corrected chi connectivity index (χ4v) is 3.23. The number of hydrogen-bond acceptors (Lipinski definition) is 2. The summed E-state index contributed by atoms with van der Waals surface area (Å²) >= 11 is 0. The SMILES string of the molecule is Cc1ccc(C)c(N=Cc2ccc(OCc3cccc4ccccc34)cc2)c1. The van der Waals surface area contributed by atoms with Crippen LogP contribution in [0.3, 0.4) is 0 Å². The maximum atomic E-state index is 6.01. The van der Waals surface area contributed by atoms with E-state index in [1.807, 2.05) is 30.5 Å². The molecule has 2 heteroatoms. The minimum atomic E-state index is 0.553. The first kappa shape index (κ1) is 18.0. The topological polar surface area (TPSA) is 21.6 Å². The Hall–Kier alpha value is -3.39. The van der Waals surface area contributed by atoms with Gasteiger partial charge in [0.2, 0.25) is 0 Å². The van der Waals surface area contributed by atoms with E-state index in [4.69, 9.17) is 4.74 Å². The molecule has 0 unspecified atom stereocenters. The van der Waals surface area contributed by atoms with Gasteiger partial charge >= 0.3 is 0 Å². The Bertz CT molecular complexity index is 1120. The molecule has 0 aliphatic rings. The second kappa shape index (κ2) is 8.10. The normalized spacial score (nSPS) is 11.2. The summed E-state index contributed by atoms with van der Waals surface area (Å²) in [7, 11) is 0. The Morgan fingerprint density at radius 3 is 2.46 bits per heavy atom. The summed E-state index contributed by atoms with van der Waals surface area (Å²) in [6, 6.07) is 29.1. The second-order valence-corrected chi connectivity index (χ2v) is 7.04. The zero-order valence-corrected chi connectivity index (χ0v) is 16.2. The van der Waals surface area contributed by atoms with Gasteiger partial charge in [-0.1, -0.05) is 54.6 Å². The van der Waals surface area contributed by atoms with Crippen molar-refractivity contribution in [2.75, 3.05) is 0 Å². The minimum Gasteiger partial charge on any atom is -0.489 e. The Labute approximate surface area is 166 Å². The van der Waals surface area contributed by atoms with Gasteiger partial charge in [0.05, 0.1) is 5.69 Å². The second-order valence-electron chi connectivity index (χ2n) is 7.04. The summed E-state index contributed by atoms with van der Waals surface area (Å²) in [6.07, 6.45) is 1.90. The number of ether oxygens (including phenoxy) is 1. The van der Waals surface area contributed by atoms with Crippen molar-refractivity contribution >= 4 is 22.7 Å². The van der Waals surface area contributed by atoms with E-state index < -0.39 is 0 Å². The maximum Gasteiger partial charge on any atom is 0.119 e. The van der Waals surface area contributed by atoms with Crippen molar-refractivity contribution in [1.82, 2.24) is 0 Å². The number of aryl methyl sites for hydroxylation is 2. The summed E-state index contributed by atoms with van der Waals surface area (Å²) in [5, 5.41) is 2.48. The summed E-state index contributed by atoms with van der Waals surface area (Å²) in [5.41, 5.74) is 5.65. The molecule has 0 saturated heterocycles. The number of rotatable bonds is 5. The van der Waals surface area contributed by atoms with Crippen LogP contribution in [0.4, 0.5) is 5.69 Å². The molecule has 0 aromatic heterocycles. The van der Waals surface area contributed by atoms with Crippen molar-refractivity contribution in [1.29, 1.82) is 0 Å². The van der Waals surface area contributed by atoms with E-state index in [1.54, 1.807) is 0 Å². The first-order valence-electron chi connectivity index (χ1n) is 9.50. The van der Waals surface area contributed by atoms with Crippen LogP contribution in [-0.2, 0) is 6.61 Å². The molecule has 0 saturated carbocycles. The molecule has 2 nitrogen and oxygen atoms in total. The lowest BCUT2D eigenvalue weighted by molar-refractivity contribution is 0.307. The molecule has 0 amide bonds. The Kier molecular flexibility index (Phi) is 5.20. The van der Waals surface area contributed by atoms with Gasteiger partial charge < -0.3 is 4.74 Å². The summed E-state index contributed by atoms with van der Waals surface area (Å²) in [5.74, 6) is 0.858. The third-order valence-corrected chi connectivity index (χ3v) is 4.87. The molecule has 0 spiro atoms. The molecule has 138 valence electrons. The average Bonchev–Trinajstić information content (AvgIpc) is 2.73. The molecule has 4 aromatic carbocycles. The van der Waals surface area contributed by atoms with Gasteiger partial charge in [-0.3, -0.25) is 4.99 Å². The van der Waals surface area contributed by atoms with Crippen molar-refractivity contribution in [3.63, 3.8) is 0 Å². The fourth-order valence-electron chi connectivity index (χ4n) is 3.23. The van der Waals surface area contributed by atoms with Crippen LogP contribution in [0.25, 0.3) is 10.8 Å². The number of aliphatic imine (C=N–C) groups is 1. The molecule has 28 heavy (non-hydrogen) atoms. The predicted octanol–water partition coefficient (Wildman–Crippen LogP) is 6.79. The van der Waals surface area contributed by atoms with E-state index >= 15 is 0 Å². The molecule has 0 N–H and O–H groups in total. The van der Waals surface area contributed by atoms with Crippen molar-refractivity contribution in [2.24, 2.45) is 4.99 Å². The Balaban J connectivity index is 1.45. The van der Waals surface area contributed by atoms with Gasteiger partial charge in [-0.15, -0.1) is 0 Å². The molecule has 0 radical (unpaired) electrons. The van der Waals surface area contributed by atoms with Gasteiger partial charge in [0.1, 0.15) is 12.4 Å². The third kappa shape index (κ3) is 4.12. The van der Waals surface area contributed by atoms with Crippen LogP contribution in [0.15, 0.2) is 89.9 Å². The first-order chi connectivity index (χ1) is 13.7. The smallest absolute Gasteiger partial charge is 0.119 e. The first-order valence-corrected chi connectivity index (χ1v) is 9.50. The molecule has 0 heterocycles. The molecular weight excluding hydrogens is 342 g/mol. The molecule has 4 aromatic rings. The van der Waals surface area contributed by atoms with E-state index in [0.29, 0.717) is 6.61 Å². The average molecular weight is 365 g/mol. The molecule has 0 aliphatic carbocycles. The molecule has 4 rings (SSSR count). The quantitative estimate of drug-likeness (QED) is 0.357. The van der Waals surface area contributed by atoms with Crippen LogP contribution in [0.5, 0.6) is 5.75 Å². The standard InChI is InChI=1S/C26H23NO/c1-19-10-11-20(2)26(16-19)27-17-21-12-14-24(15-13-21)28-18-23-8-5-7-22-6-3-4-9-25(22)23/h3-17H,18H2,1-2H3. The minimum absolute atomic E-state index is 0.553. The summed E-state index contributed by atoms with van der Waals surface area (Å²) in [6.45, 7) is 4.72. The van der Waals surface area contributed by atoms with Gasteiger partial charge in [-0.2, -0.15) is 0 Å². The van der Waals surface area contributed by atoms with Gasteiger partial charge in [-0.25, -0.2) is 0 Å². The lowest BCUT2D eigenvalue weighted by Crippen LogP contribution is -1.96. The van der Waals surface area contributed by atoms with E-state index in [1.165, 1.54) is 27.5 Å². The lowest BCUT2D eigenvalue weighted by atomic mass is 10.1. The fraction of sp³-hybridized carbons (Fsp3) is 0.115. The van der Waals surface area contributed by atoms with Crippen molar-refractivity contribution < 1.29 is 4.74 Å². The highest BCUT2D eigenvalue weighted by Crippen LogP contribution is 2.22. The number of nitrogens with zero attached hydrogens (tertiary/aromatic N) is 1. The Morgan fingerprint density at radius 1 is 0.821 bits per heavy atom. The van der Waals surface area contributed by atoms with Gasteiger partial charge in [-0.05, 0) is 77.2 Å². The highest BCUT2D eigenvalue weighted by atomic mass is 16.5. The van der Waals surface area contributed by atoms with Gasteiger partial charge in [0.25, 0.3) is 0 Å². The van der Waals surface area contributed by atoms with Crippen LogP contribution in [0, 0.1) is 13.8 Å². The van der Waals surface area contributed by atoms with E-state index in [2.05, 4.69) is 79.5 Å². The van der Waals surface area contributed by atoms with Crippen molar-refractivity contribution in [3.8, 4) is 5.75 Å². The molecule has 0 bridgehead atoms. The van der Waals surface area contributed by atoms with E-state index in [-0.39, 0.29) is 0 Å². The number of benzene rings is 4. The zero-order valence-electron chi connectivity index (χ0n) is 16.2. The molecule has 0 aliphatic heterocycles. The number of hydrogen-bond donors (Lipinski definition) is 0. The third-order valence-electron chi connectivity index (χ3n) is 4.87. The maximum absolute atomic E-state index is 6.01. The van der Waals surface area contributed by atoms with Crippen LogP contribution in [0.1, 0.15) is 22.3 Å². The van der Waals surface area contributed by atoms with Crippen LogP contribution in [-0.4, -0.2) is 6.21 Å². The lowest BCUT2D eigenvalue weighted by Gasteiger charge is -2.09. The van der Waals surface area contributed by atoms with E-state index in [0.717, 1.165) is 17.0 Å². The van der Waals surface area contributed by atoms with Crippen molar-refractivity contribution in [3.05, 3.63) is 107 Å². The van der Waals surface area contributed by atoms with Crippen LogP contribution in [0.2, 0.25) is 0 Å². The number of fused-ring (bicyclic) bond motifs is 1. The summed E-state index contributed by atoms with van der Waals surface area (Å²) in [4.78, 5) is 4.63.